The molecule has 10 heteroatoms. The number of amides is 1. The number of pyridine rings is 1. The third-order valence-corrected chi connectivity index (χ3v) is 5.85. The Morgan fingerprint density at radius 1 is 1.11 bits per heavy atom. The quantitative estimate of drug-likeness (QED) is 0.269. The van der Waals surface area contributed by atoms with Crippen molar-refractivity contribution in [2.24, 2.45) is 0 Å². The van der Waals surface area contributed by atoms with Crippen molar-refractivity contribution in [3.8, 4) is 17.3 Å². The second-order valence-electron chi connectivity index (χ2n) is 8.23. The van der Waals surface area contributed by atoms with E-state index < -0.39 is 17.7 Å². The number of halogens is 3. The number of fused-ring (bicyclic) bond motifs is 1. The summed E-state index contributed by atoms with van der Waals surface area (Å²) in [5.74, 6) is -1.37. The molecule has 3 heterocycles. The summed E-state index contributed by atoms with van der Waals surface area (Å²) in [5, 5.41) is 13.1. The van der Waals surface area contributed by atoms with Crippen molar-refractivity contribution in [2.75, 3.05) is 0 Å². The molecule has 0 aliphatic heterocycles. The van der Waals surface area contributed by atoms with Crippen LogP contribution in [0, 0.1) is 11.6 Å². The molecule has 0 aliphatic rings. The van der Waals surface area contributed by atoms with Crippen LogP contribution in [0.5, 0.6) is 5.88 Å². The summed E-state index contributed by atoms with van der Waals surface area (Å²) in [7, 11) is 0. The third-order valence-electron chi connectivity index (χ3n) is 5.59. The van der Waals surface area contributed by atoms with Gasteiger partial charge >= 0.3 is 0 Å². The maximum absolute atomic E-state index is 13.8. The molecule has 0 bridgehead atoms. The van der Waals surface area contributed by atoms with Crippen molar-refractivity contribution in [3.05, 3.63) is 101 Å². The number of aromatic nitrogens is 3. The van der Waals surface area contributed by atoms with Crippen LogP contribution < -0.4 is 5.32 Å². The predicted octanol–water partition coefficient (Wildman–Crippen LogP) is 5.50. The molecule has 0 spiro atoms. The van der Waals surface area contributed by atoms with Crippen LogP contribution in [0.25, 0.3) is 22.5 Å². The highest BCUT2D eigenvalue weighted by Gasteiger charge is 2.22. The lowest BCUT2D eigenvalue weighted by molar-refractivity contribution is -0.121. The molecule has 3 aromatic heterocycles. The second-order valence-corrected chi connectivity index (χ2v) is 8.67. The Morgan fingerprint density at radius 2 is 1.86 bits per heavy atom. The zero-order valence-electron chi connectivity index (χ0n) is 18.6. The van der Waals surface area contributed by atoms with Gasteiger partial charge in [0.25, 0.3) is 0 Å². The van der Waals surface area contributed by atoms with E-state index in [1.54, 1.807) is 36.5 Å². The van der Waals surface area contributed by atoms with E-state index in [9.17, 15) is 18.7 Å². The number of benzene rings is 2. The molecule has 36 heavy (non-hydrogen) atoms. The molecule has 182 valence electrons. The highest BCUT2D eigenvalue weighted by atomic mass is 35.5. The van der Waals surface area contributed by atoms with E-state index >= 15 is 0 Å². The topological polar surface area (TPSA) is 104 Å². The third kappa shape index (κ3) is 5.21. The van der Waals surface area contributed by atoms with Crippen LogP contribution in [0.1, 0.15) is 22.9 Å². The largest absolute Gasteiger partial charge is 0.493 e. The number of rotatable bonds is 7. The van der Waals surface area contributed by atoms with Crippen molar-refractivity contribution in [3.63, 3.8) is 0 Å². The fourth-order valence-electron chi connectivity index (χ4n) is 3.96. The number of carbonyl (C=O) groups excluding carboxylic acids is 1. The van der Waals surface area contributed by atoms with Crippen LogP contribution in [-0.4, -0.2) is 26.0 Å². The molecular formula is C26H19ClF2N4O3. The summed E-state index contributed by atoms with van der Waals surface area (Å²) in [6.07, 6.45) is 3.11. The fourth-order valence-corrected chi connectivity index (χ4v) is 4.08. The van der Waals surface area contributed by atoms with Crippen LogP contribution in [0.4, 0.5) is 8.78 Å². The van der Waals surface area contributed by atoms with Gasteiger partial charge in [0, 0.05) is 40.9 Å². The SMILES string of the molecule is O=C(Cc1c[nH]c2ccc(O)nc12)NC(Cc1cc(F)cc(F)c1)c1cnc(-c2ccc(Cl)cc2)o1. The molecule has 1 atom stereocenters. The number of aromatic amines is 1. The van der Waals surface area contributed by atoms with Gasteiger partial charge in [-0.15, -0.1) is 0 Å². The first-order chi connectivity index (χ1) is 17.3. The summed E-state index contributed by atoms with van der Waals surface area (Å²) < 4.78 is 33.6. The van der Waals surface area contributed by atoms with E-state index in [0.717, 1.165) is 6.07 Å². The first-order valence-corrected chi connectivity index (χ1v) is 11.3. The van der Waals surface area contributed by atoms with Crippen LogP contribution in [0.2, 0.25) is 5.02 Å². The van der Waals surface area contributed by atoms with Gasteiger partial charge in [0.1, 0.15) is 17.4 Å². The molecule has 5 rings (SSSR count). The highest BCUT2D eigenvalue weighted by molar-refractivity contribution is 6.30. The summed E-state index contributed by atoms with van der Waals surface area (Å²) in [6, 6.07) is 12.4. The number of hydrogen-bond acceptors (Lipinski definition) is 5. The number of carbonyl (C=O) groups is 1. The molecular weight excluding hydrogens is 490 g/mol. The van der Waals surface area contributed by atoms with Crippen LogP contribution in [0.3, 0.4) is 0 Å². The lowest BCUT2D eigenvalue weighted by Gasteiger charge is -2.17. The van der Waals surface area contributed by atoms with Crippen molar-refractivity contribution >= 4 is 28.5 Å². The Morgan fingerprint density at radius 3 is 2.61 bits per heavy atom. The standard InChI is InChI=1S/C26H19ClF2N4O3/c27-17-3-1-15(2-4-17)26-31-13-22(36-26)21(9-14-7-18(28)11-19(29)8-14)32-24(35)10-16-12-30-20-5-6-23(34)33-25(16)20/h1-8,11-13,21,30H,9-10H2,(H,32,35)(H,33,34). The van der Waals surface area contributed by atoms with E-state index in [0.29, 0.717) is 44.4 Å². The van der Waals surface area contributed by atoms with E-state index in [2.05, 4.69) is 20.3 Å². The number of oxazole rings is 1. The fraction of sp³-hybridized carbons (Fsp3) is 0.115. The van der Waals surface area contributed by atoms with Crippen LogP contribution in [0.15, 0.2) is 71.4 Å². The minimum Gasteiger partial charge on any atom is -0.493 e. The molecule has 0 fully saturated rings. The van der Waals surface area contributed by atoms with Gasteiger partial charge in [-0.2, -0.15) is 0 Å². The summed E-state index contributed by atoms with van der Waals surface area (Å²) in [4.78, 5) is 24.4. The first-order valence-electron chi connectivity index (χ1n) is 11.0. The minimum absolute atomic E-state index is 0.0529. The Bertz CT molecular complexity index is 1530. The van der Waals surface area contributed by atoms with Crippen molar-refractivity contribution in [2.45, 2.75) is 18.9 Å². The zero-order valence-corrected chi connectivity index (χ0v) is 19.4. The Balaban J connectivity index is 1.42. The van der Waals surface area contributed by atoms with Gasteiger partial charge in [-0.3, -0.25) is 4.79 Å². The second kappa shape index (κ2) is 9.79. The minimum atomic E-state index is -0.765. The van der Waals surface area contributed by atoms with E-state index in [-0.39, 0.29) is 24.6 Å². The van der Waals surface area contributed by atoms with Crippen LogP contribution >= 0.6 is 11.6 Å². The predicted molar refractivity (Wildman–Crippen MR) is 129 cm³/mol. The van der Waals surface area contributed by atoms with E-state index in [1.807, 2.05) is 0 Å². The molecule has 0 aliphatic carbocycles. The Kier molecular flexibility index (Phi) is 6.39. The number of H-pyrrole nitrogens is 1. The molecule has 5 aromatic rings. The van der Waals surface area contributed by atoms with Gasteiger partial charge < -0.3 is 19.8 Å². The highest BCUT2D eigenvalue weighted by Crippen LogP contribution is 2.27. The van der Waals surface area contributed by atoms with Crippen molar-refractivity contribution < 1.29 is 23.1 Å². The smallest absolute Gasteiger partial charge is 0.226 e. The van der Waals surface area contributed by atoms with Crippen molar-refractivity contribution in [1.82, 2.24) is 20.3 Å². The maximum Gasteiger partial charge on any atom is 0.226 e. The number of nitrogens with zero attached hydrogens (tertiary/aromatic N) is 2. The van der Waals surface area contributed by atoms with Crippen LogP contribution in [-0.2, 0) is 17.6 Å². The monoisotopic (exact) mass is 508 g/mol. The molecule has 0 saturated carbocycles. The van der Waals surface area contributed by atoms with E-state index in [4.69, 9.17) is 16.0 Å². The molecule has 1 unspecified atom stereocenters. The van der Waals surface area contributed by atoms with Gasteiger partial charge in [-0.25, -0.2) is 18.7 Å². The maximum atomic E-state index is 13.8. The summed E-state index contributed by atoms with van der Waals surface area (Å²) in [6.45, 7) is 0. The average molecular weight is 509 g/mol. The van der Waals surface area contributed by atoms with Gasteiger partial charge in [0.05, 0.1) is 29.7 Å². The molecule has 1 amide bonds. The lowest BCUT2D eigenvalue weighted by atomic mass is 10.0. The summed E-state index contributed by atoms with van der Waals surface area (Å²) >= 11 is 5.95. The normalized spacial score (nSPS) is 12.1. The average Bonchev–Trinajstić information content (AvgIpc) is 3.46. The molecule has 3 N–H and O–H groups in total. The first kappa shape index (κ1) is 23.5. The Hall–Kier alpha value is -4.24. The van der Waals surface area contributed by atoms with Gasteiger partial charge in [0.15, 0.2) is 0 Å². The molecule has 7 nitrogen and oxygen atoms in total. The van der Waals surface area contributed by atoms with Gasteiger partial charge in [-0.05, 0) is 48.0 Å². The molecule has 0 radical (unpaired) electrons. The van der Waals surface area contributed by atoms with Gasteiger partial charge in [-0.1, -0.05) is 11.6 Å². The number of hydrogen-bond donors (Lipinski definition) is 3. The zero-order chi connectivity index (χ0) is 25.2. The van der Waals surface area contributed by atoms with Crippen molar-refractivity contribution in [1.29, 1.82) is 0 Å². The number of nitrogens with one attached hydrogen (secondary N) is 2. The molecule has 0 saturated heterocycles. The number of aromatic hydroxyl groups is 1. The van der Waals surface area contributed by atoms with Gasteiger partial charge in [0.2, 0.25) is 17.7 Å². The Labute approximate surface area is 208 Å². The van der Waals surface area contributed by atoms with E-state index in [1.165, 1.54) is 24.4 Å². The summed E-state index contributed by atoms with van der Waals surface area (Å²) in [5.41, 5.74) is 2.73. The lowest BCUT2D eigenvalue weighted by Crippen LogP contribution is -2.31. The molecule has 2 aromatic carbocycles.